The van der Waals surface area contributed by atoms with E-state index in [0.29, 0.717) is 13.1 Å². The van der Waals surface area contributed by atoms with E-state index in [1.807, 2.05) is 37.3 Å². The number of likely N-dealkylation sites (tertiary alicyclic amines) is 1. The molecule has 1 heterocycles. The molecule has 1 aromatic rings. The number of urea groups is 1. The highest BCUT2D eigenvalue weighted by Gasteiger charge is 2.26. The Morgan fingerprint density at radius 1 is 1.41 bits per heavy atom. The maximum absolute atomic E-state index is 12.2. The van der Waals surface area contributed by atoms with Gasteiger partial charge in [0, 0.05) is 19.0 Å². The van der Waals surface area contributed by atoms with Gasteiger partial charge in [-0.25, -0.2) is 4.79 Å². The summed E-state index contributed by atoms with van der Waals surface area (Å²) < 4.78 is 5.74. The Morgan fingerprint density at radius 2 is 2.14 bits per heavy atom. The number of para-hydroxylation sites is 1. The minimum atomic E-state index is -0.365. The number of rotatable bonds is 5. The number of nitrogens with zero attached hydrogens (tertiary/aromatic N) is 1. The predicted octanol–water partition coefficient (Wildman–Crippen LogP) is 2.26. The second-order valence-corrected chi connectivity index (χ2v) is 6.02. The number of carbonyl (C=O) groups excluding carboxylic acids is 1. The topological polar surface area (TPSA) is 61.8 Å². The fourth-order valence-corrected chi connectivity index (χ4v) is 2.70. The van der Waals surface area contributed by atoms with Gasteiger partial charge in [0.05, 0.1) is 12.6 Å². The van der Waals surface area contributed by atoms with Crippen LogP contribution in [0.1, 0.15) is 26.7 Å². The van der Waals surface area contributed by atoms with Crippen molar-refractivity contribution in [2.75, 3.05) is 19.6 Å². The van der Waals surface area contributed by atoms with Gasteiger partial charge in [-0.2, -0.15) is 0 Å². The average molecular weight is 306 g/mol. The van der Waals surface area contributed by atoms with E-state index in [4.69, 9.17) is 4.74 Å². The van der Waals surface area contributed by atoms with Crippen LogP contribution in [-0.2, 0) is 0 Å². The van der Waals surface area contributed by atoms with E-state index in [1.165, 1.54) is 0 Å². The molecule has 0 bridgehead atoms. The van der Waals surface area contributed by atoms with E-state index in [9.17, 15) is 9.90 Å². The molecule has 2 rings (SSSR count). The first-order chi connectivity index (χ1) is 10.6. The summed E-state index contributed by atoms with van der Waals surface area (Å²) in [5, 5.41) is 12.6. The standard InChI is InChI=1S/C17H26N2O3/c1-13(22-16-8-4-3-5-9-16)11-18-17(21)19-10-6-7-15(12-19)14(2)20/h3-5,8-9,13-15,20H,6-7,10-12H2,1-2H3,(H,18,21). The van der Waals surface area contributed by atoms with E-state index in [1.54, 1.807) is 11.8 Å². The second kappa shape index (κ2) is 8.03. The lowest BCUT2D eigenvalue weighted by molar-refractivity contribution is 0.0732. The molecule has 1 fully saturated rings. The van der Waals surface area contributed by atoms with Gasteiger partial charge in [-0.1, -0.05) is 18.2 Å². The van der Waals surface area contributed by atoms with Crippen LogP contribution in [0, 0.1) is 5.92 Å². The van der Waals surface area contributed by atoms with Crippen LogP contribution in [0.3, 0.4) is 0 Å². The van der Waals surface area contributed by atoms with Gasteiger partial charge in [-0.3, -0.25) is 0 Å². The van der Waals surface area contributed by atoms with Crippen molar-refractivity contribution in [1.29, 1.82) is 0 Å². The van der Waals surface area contributed by atoms with Crippen molar-refractivity contribution in [3.8, 4) is 5.75 Å². The van der Waals surface area contributed by atoms with Crippen LogP contribution < -0.4 is 10.1 Å². The van der Waals surface area contributed by atoms with Crippen molar-refractivity contribution < 1.29 is 14.6 Å². The Balaban J connectivity index is 1.75. The zero-order valence-corrected chi connectivity index (χ0v) is 13.4. The third-order valence-electron chi connectivity index (χ3n) is 4.05. The van der Waals surface area contributed by atoms with E-state index >= 15 is 0 Å². The molecule has 3 atom stereocenters. The minimum Gasteiger partial charge on any atom is -0.489 e. The lowest BCUT2D eigenvalue weighted by Gasteiger charge is -2.34. The smallest absolute Gasteiger partial charge is 0.317 e. The Labute approximate surface area is 132 Å². The molecule has 3 unspecified atom stereocenters. The molecule has 1 saturated heterocycles. The third-order valence-corrected chi connectivity index (χ3v) is 4.05. The highest BCUT2D eigenvalue weighted by atomic mass is 16.5. The van der Waals surface area contributed by atoms with Crippen molar-refractivity contribution in [2.45, 2.75) is 38.9 Å². The molecular weight excluding hydrogens is 280 g/mol. The summed E-state index contributed by atoms with van der Waals surface area (Å²) in [7, 11) is 0. The summed E-state index contributed by atoms with van der Waals surface area (Å²) >= 11 is 0. The molecular formula is C17H26N2O3. The SMILES string of the molecule is CC(CNC(=O)N1CCCC(C(C)O)C1)Oc1ccccc1. The van der Waals surface area contributed by atoms with Crippen molar-refractivity contribution in [3.05, 3.63) is 30.3 Å². The van der Waals surface area contributed by atoms with Gasteiger partial charge < -0.3 is 20.1 Å². The number of hydrogen-bond donors (Lipinski definition) is 2. The summed E-state index contributed by atoms with van der Waals surface area (Å²) in [5.74, 6) is 0.980. The number of benzene rings is 1. The molecule has 22 heavy (non-hydrogen) atoms. The van der Waals surface area contributed by atoms with Gasteiger partial charge in [0.1, 0.15) is 11.9 Å². The maximum Gasteiger partial charge on any atom is 0.317 e. The van der Waals surface area contributed by atoms with Crippen LogP contribution in [0.15, 0.2) is 30.3 Å². The maximum atomic E-state index is 12.2. The Hall–Kier alpha value is -1.75. The summed E-state index contributed by atoms with van der Waals surface area (Å²) in [6, 6.07) is 9.50. The van der Waals surface area contributed by atoms with E-state index in [-0.39, 0.29) is 24.2 Å². The van der Waals surface area contributed by atoms with Gasteiger partial charge in [0.25, 0.3) is 0 Å². The monoisotopic (exact) mass is 306 g/mol. The Bertz CT molecular complexity index is 464. The van der Waals surface area contributed by atoms with Crippen molar-refractivity contribution >= 4 is 6.03 Å². The summed E-state index contributed by atoms with van der Waals surface area (Å²) in [6.45, 7) is 5.56. The molecule has 1 aliphatic rings. The third kappa shape index (κ3) is 4.91. The van der Waals surface area contributed by atoms with Crippen molar-refractivity contribution in [2.24, 2.45) is 5.92 Å². The molecule has 0 spiro atoms. The number of aliphatic hydroxyl groups is 1. The first-order valence-electron chi connectivity index (χ1n) is 7.99. The quantitative estimate of drug-likeness (QED) is 0.877. The van der Waals surface area contributed by atoms with Crippen LogP contribution in [0.4, 0.5) is 4.79 Å². The lowest BCUT2D eigenvalue weighted by Crippen LogP contribution is -2.49. The van der Waals surface area contributed by atoms with Crippen LogP contribution in [-0.4, -0.2) is 47.9 Å². The van der Waals surface area contributed by atoms with Crippen LogP contribution in [0.2, 0.25) is 0 Å². The number of nitrogens with one attached hydrogen (secondary N) is 1. The number of hydrogen-bond acceptors (Lipinski definition) is 3. The number of amides is 2. The molecule has 5 heteroatoms. The van der Waals surface area contributed by atoms with E-state index in [0.717, 1.165) is 25.1 Å². The fraction of sp³-hybridized carbons (Fsp3) is 0.588. The summed E-state index contributed by atoms with van der Waals surface area (Å²) in [6.07, 6.45) is 1.47. The molecule has 2 N–H and O–H groups in total. The van der Waals surface area contributed by atoms with Crippen molar-refractivity contribution in [1.82, 2.24) is 10.2 Å². The second-order valence-electron chi connectivity index (χ2n) is 6.02. The van der Waals surface area contributed by atoms with Crippen LogP contribution >= 0.6 is 0 Å². The molecule has 0 saturated carbocycles. The molecule has 0 radical (unpaired) electrons. The molecule has 0 aliphatic carbocycles. The lowest BCUT2D eigenvalue weighted by atomic mass is 9.94. The number of aliphatic hydroxyl groups excluding tert-OH is 1. The molecule has 2 amide bonds. The van der Waals surface area contributed by atoms with Crippen molar-refractivity contribution in [3.63, 3.8) is 0 Å². The predicted molar refractivity (Wildman–Crippen MR) is 85.9 cm³/mol. The first-order valence-corrected chi connectivity index (χ1v) is 7.99. The van der Waals surface area contributed by atoms with Crippen LogP contribution in [0.25, 0.3) is 0 Å². The van der Waals surface area contributed by atoms with Gasteiger partial charge in [-0.05, 0) is 38.8 Å². The van der Waals surface area contributed by atoms with Crippen LogP contribution in [0.5, 0.6) is 5.75 Å². The van der Waals surface area contributed by atoms with E-state index in [2.05, 4.69) is 5.32 Å². The van der Waals surface area contributed by atoms with Gasteiger partial charge in [-0.15, -0.1) is 0 Å². The molecule has 0 aromatic heterocycles. The largest absolute Gasteiger partial charge is 0.489 e. The Kier molecular flexibility index (Phi) is 6.07. The molecule has 1 aliphatic heterocycles. The summed E-state index contributed by atoms with van der Waals surface area (Å²) in [5.41, 5.74) is 0. The number of carbonyl (C=O) groups is 1. The normalized spacial score (nSPS) is 21.0. The zero-order valence-electron chi connectivity index (χ0n) is 13.4. The zero-order chi connectivity index (χ0) is 15.9. The average Bonchev–Trinajstić information content (AvgIpc) is 2.53. The number of ether oxygens (including phenoxy) is 1. The minimum absolute atomic E-state index is 0.0751. The first kappa shape index (κ1) is 16.6. The highest BCUT2D eigenvalue weighted by molar-refractivity contribution is 5.74. The molecule has 1 aromatic carbocycles. The van der Waals surface area contributed by atoms with Gasteiger partial charge >= 0.3 is 6.03 Å². The highest BCUT2D eigenvalue weighted by Crippen LogP contribution is 2.19. The molecule has 5 nitrogen and oxygen atoms in total. The Morgan fingerprint density at radius 3 is 2.82 bits per heavy atom. The number of piperidine rings is 1. The summed E-state index contributed by atoms with van der Waals surface area (Å²) in [4.78, 5) is 14.0. The van der Waals surface area contributed by atoms with Gasteiger partial charge in [0.15, 0.2) is 0 Å². The van der Waals surface area contributed by atoms with Gasteiger partial charge in [0.2, 0.25) is 0 Å². The molecule has 122 valence electrons. The van der Waals surface area contributed by atoms with E-state index < -0.39 is 0 Å². The fourth-order valence-electron chi connectivity index (χ4n) is 2.70.